The average molecular weight is 190 g/mol. The molecule has 2 N–H and O–H groups in total. The van der Waals surface area contributed by atoms with E-state index in [2.05, 4.69) is 0 Å². The Morgan fingerprint density at radius 1 is 1.07 bits per heavy atom. The second-order valence-corrected chi connectivity index (χ2v) is 2.92. The fourth-order valence-corrected chi connectivity index (χ4v) is 1.40. The number of aromatic hydroxyl groups is 1. The van der Waals surface area contributed by atoms with Crippen LogP contribution in [0.15, 0.2) is 24.3 Å². The minimum atomic E-state index is -0.479. The van der Waals surface area contributed by atoms with Crippen LogP contribution in [0.5, 0.6) is 11.5 Å². The number of carbonyl (C=O) groups is 1. The summed E-state index contributed by atoms with van der Waals surface area (Å²) in [6.07, 6.45) is 1.96. The lowest BCUT2D eigenvalue weighted by atomic mass is 9.92. The first-order valence-electron chi connectivity index (χ1n) is 3.93. The minimum absolute atomic E-state index is 0.127. The summed E-state index contributed by atoms with van der Waals surface area (Å²) in [6, 6.07) is 2.25. The monoisotopic (exact) mass is 190 g/mol. The number of carbonyl (C=O) groups excluding carboxylic acids is 1. The summed E-state index contributed by atoms with van der Waals surface area (Å²) in [5.74, 6) is -1.25. The Balaban J connectivity index is 2.76. The van der Waals surface area contributed by atoms with E-state index in [1.807, 2.05) is 0 Å². The molecule has 1 aromatic carbocycles. The number of hydrogen-bond donors (Lipinski definition) is 2. The van der Waals surface area contributed by atoms with E-state index < -0.39 is 11.5 Å². The smallest absolute Gasteiger partial charge is 0.189 e. The number of rotatable bonds is 0. The van der Waals surface area contributed by atoms with Crippen LogP contribution in [0.25, 0.3) is 0 Å². The normalized spacial score (nSPS) is 15.6. The van der Waals surface area contributed by atoms with Gasteiger partial charge in [-0.25, -0.2) is 0 Å². The highest BCUT2D eigenvalue weighted by atomic mass is 16.3. The van der Waals surface area contributed by atoms with Gasteiger partial charge in [0.05, 0.1) is 5.56 Å². The van der Waals surface area contributed by atoms with E-state index >= 15 is 0 Å². The lowest BCUT2D eigenvalue weighted by molar-refractivity contribution is -0.269. The maximum absolute atomic E-state index is 11.3. The van der Waals surface area contributed by atoms with Crippen molar-refractivity contribution >= 4 is 5.78 Å². The molecule has 1 aliphatic rings. The van der Waals surface area contributed by atoms with Crippen LogP contribution in [0.2, 0.25) is 0 Å². The van der Waals surface area contributed by atoms with Crippen molar-refractivity contribution in [1.29, 1.82) is 0 Å². The number of benzene rings is 1. The average Bonchev–Trinajstić information content (AvgIpc) is 2.16. The molecule has 0 saturated carbocycles. The second kappa shape index (κ2) is 2.85. The predicted molar refractivity (Wildman–Crippen MR) is 45.3 cm³/mol. The Bertz CT molecular complexity index is 434. The van der Waals surface area contributed by atoms with Crippen LogP contribution in [-0.4, -0.2) is 16.0 Å². The first-order chi connectivity index (χ1) is 6.61. The van der Waals surface area contributed by atoms with Crippen molar-refractivity contribution in [2.45, 2.75) is 0 Å². The molecule has 1 radical (unpaired) electrons. The summed E-state index contributed by atoms with van der Waals surface area (Å²) in [6.45, 7) is 0. The minimum Gasteiger partial charge on any atom is -0.872 e. The molecular weight excluding hydrogens is 184 g/mol. The standard InChI is InChI=1S/C10H7O4/c11-5-1-2-6(12)10-8(14)4-3-7(13)9(5)10/h1-4,11-13H/p-1. The van der Waals surface area contributed by atoms with Gasteiger partial charge in [0.25, 0.3) is 0 Å². The third-order valence-electron chi connectivity index (χ3n) is 2.04. The van der Waals surface area contributed by atoms with Crippen molar-refractivity contribution in [3.8, 4) is 11.5 Å². The number of phenolic OH excluding ortho intramolecular Hbond substituents is 1. The van der Waals surface area contributed by atoms with Crippen LogP contribution in [0, 0.1) is 6.10 Å². The third-order valence-corrected chi connectivity index (χ3v) is 2.04. The summed E-state index contributed by atoms with van der Waals surface area (Å²) >= 11 is 0. The van der Waals surface area contributed by atoms with Crippen LogP contribution in [-0.2, 0) is 0 Å². The highest BCUT2D eigenvalue weighted by Crippen LogP contribution is 2.35. The summed E-state index contributed by atoms with van der Waals surface area (Å²) in [5, 5.41) is 30.0. The molecule has 71 valence electrons. The maximum Gasteiger partial charge on any atom is 0.189 e. The highest BCUT2D eigenvalue weighted by molar-refractivity contribution is 6.10. The lowest BCUT2D eigenvalue weighted by Crippen LogP contribution is -2.14. The van der Waals surface area contributed by atoms with Gasteiger partial charge in [0.1, 0.15) is 11.9 Å². The maximum atomic E-state index is 11.3. The number of phenols is 1. The number of aliphatic hydroxyl groups is 1. The Labute approximate surface area is 79.7 Å². The van der Waals surface area contributed by atoms with Crippen LogP contribution in [0.1, 0.15) is 15.9 Å². The molecule has 4 heteroatoms. The summed E-state index contributed by atoms with van der Waals surface area (Å²) in [5.41, 5.74) is -0.255. The zero-order valence-electron chi connectivity index (χ0n) is 7.02. The number of hydrogen-bond acceptors (Lipinski definition) is 4. The molecule has 1 aromatic rings. The van der Waals surface area contributed by atoms with Crippen molar-refractivity contribution in [1.82, 2.24) is 0 Å². The number of aliphatic hydroxyl groups excluding tert-OH is 1. The molecule has 14 heavy (non-hydrogen) atoms. The quantitative estimate of drug-likeness (QED) is 0.623. The zero-order chi connectivity index (χ0) is 10.3. The SMILES string of the molecule is O=C1C=C[C](O)c2c([O-])ccc(O)c21. The number of fused-ring (bicyclic) bond motifs is 1. The van der Waals surface area contributed by atoms with Gasteiger partial charge in [-0.05, 0) is 23.8 Å². The Hall–Kier alpha value is -1.81. The largest absolute Gasteiger partial charge is 0.872 e. The predicted octanol–water partition coefficient (Wildman–Crippen LogP) is 0.471. The fourth-order valence-electron chi connectivity index (χ4n) is 1.40. The van der Waals surface area contributed by atoms with E-state index in [0.717, 1.165) is 24.3 Å². The zero-order valence-corrected chi connectivity index (χ0v) is 7.02. The van der Waals surface area contributed by atoms with Gasteiger partial charge in [-0.2, -0.15) is 0 Å². The first kappa shape index (κ1) is 8.77. The van der Waals surface area contributed by atoms with Crippen LogP contribution in [0.4, 0.5) is 0 Å². The Morgan fingerprint density at radius 2 is 1.79 bits per heavy atom. The molecule has 0 amide bonds. The molecule has 4 nitrogen and oxygen atoms in total. The van der Waals surface area contributed by atoms with Crippen LogP contribution >= 0.6 is 0 Å². The summed E-state index contributed by atoms with van der Waals surface area (Å²) in [4.78, 5) is 11.3. The molecule has 1 aliphatic carbocycles. The molecule has 0 saturated heterocycles. The van der Waals surface area contributed by atoms with Crippen molar-refractivity contribution in [2.75, 3.05) is 0 Å². The molecule has 2 rings (SSSR count). The van der Waals surface area contributed by atoms with E-state index in [1.54, 1.807) is 0 Å². The Kier molecular flexibility index (Phi) is 1.79. The molecule has 0 aromatic heterocycles. The first-order valence-corrected chi connectivity index (χ1v) is 3.93. The van der Waals surface area contributed by atoms with E-state index in [0.29, 0.717) is 0 Å². The molecular formula is C10H6O4-. The molecule has 0 heterocycles. The van der Waals surface area contributed by atoms with Gasteiger partial charge in [0, 0.05) is 0 Å². The van der Waals surface area contributed by atoms with Gasteiger partial charge in [-0.3, -0.25) is 4.79 Å². The highest BCUT2D eigenvalue weighted by Gasteiger charge is 2.23. The topological polar surface area (TPSA) is 80.6 Å². The van der Waals surface area contributed by atoms with Gasteiger partial charge >= 0.3 is 0 Å². The molecule has 0 atom stereocenters. The summed E-state index contributed by atoms with van der Waals surface area (Å²) < 4.78 is 0. The van der Waals surface area contributed by atoms with Crippen molar-refractivity contribution < 1.29 is 20.1 Å². The van der Waals surface area contributed by atoms with Gasteiger partial charge in [-0.1, -0.05) is 6.07 Å². The van der Waals surface area contributed by atoms with Gasteiger partial charge in [-0.15, -0.1) is 5.75 Å². The fraction of sp³-hybridized carbons (Fsp3) is 0. The van der Waals surface area contributed by atoms with Crippen LogP contribution in [0.3, 0.4) is 0 Å². The Morgan fingerprint density at radius 3 is 2.43 bits per heavy atom. The molecule has 0 fully saturated rings. The van der Waals surface area contributed by atoms with Crippen LogP contribution < -0.4 is 5.11 Å². The molecule has 0 unspecified atom stereocenters. The van der Waals surface area contributed by atoms with E-state index in [4.69, 9.17) is 0 Å². The molecule has 0 bridgehead atoms. The third kappa shape index (κ3) is 1.08. The van der Waals surface area contributed by atoms with Crippen molar-refractivity contribution in [3.05, 3.63) is 41.5 Å². The number of ketones is 1. The van der Waals surface area contributed by atoms with E-state index in [9.17, 15) is 20.1 Å². The van der Waals surface area contributed by atoms with E-state index in [1.165, 1.54) is 0 Å². The van der Waals surface area contributed by atoms with E-state index in [-0.39, 0.29) is 23.0 Å². The second-order valence-electron chi connectivity index (χ2n) is 2.92. The van der Waals surface area contributed by atoms with Crippen molar-refractivity contribution in [3.63, 3.8) is 0 Å². The van der Waals surface area contributed by atoms with Crippen molar-refractivity contribution in [2.24, 2.45) is 0 Å². The van der Waals surface area contributed by atoms with Gasteiger partial charge in [0.15, 0.2) is 5.78 Å². The summed E-state index contributed by atoms with van der Waals surface area (Å²) in [7, 11) is 0. The van der Waals surface area contributed by atoms with Gasteiger partial charge < -0.3 is 15.3 Å². The van der Waals surface area contributed by atoms with Gasteiger partial charge in [0.2, 0.25) is 0 Å². The molecule has 0 spiro atoms. The molecule has 0 aliphatic heterocycles. The number of allylic oxidation sites excluding steroid dienone is 1. The lowest BCUT2D eigenvalue weighted by Gasteiger charge is -2.22.